The summed E-state index contributed by atoms with van der Waals surface area (Å²) in [5.74, 6) is -1.78. The topological polar surface area (TPSA) is 92.6 Å². The molecule has 0 saturated carbocycles. The second-order valence-electron chi connectivity index (χ2n) is 7.87. The van der Waals surface area contributed by atoms with Gasteiger partial charge in [-0.2, -0.15) is 0 Å². The third-order valence-corrected chi connectivity index (χ3v) is 7.38. The van der Waals surface area contributed by atoms with Gasteiger partial charge in [-0.15, -0.1) is 0 Å². The molecule has 1 fully saturated rings. The fourth-order valence-corrected chi connectivity index (χ4v) is 5.44. The lowest BCUT2D eigenvalue weighted by Crippen LogP contribution is -2.29. The lowest BCUT2D eigenvalue weighted by atomic mass is 9.96. The molecule has 1 aliphatic heterocycles. The number of carbonyl (C=O) groups is 2. The maximum Gasteiger partial charge on any atom is 0.301 e. The first-order valence-electron chi connectivity index (χ1n) is 10.4. The first-order chi connectivity index (χ1) is 16.8. The predicted octanol–water partition coefficient (Wildman–Crippen LogP) is 5.94. The first-order valence-corrected chi connectivity index (χ1v) is 12.0. The van der Waals surface area contributed by atoms with Gasteiger partial charge in [0.25, 0.3) is 5.78 Å². The molecule has 0 aliphatic carbocycles. The summed E-state index contributed by atoms with van der Waals surface area (Å²) < 4.78 is 6.17. The number of halogens is 2. The van der Waals surface area contributed by atoms with E-state index in [0.717, 1.165) is 10.3 Å². The van der Waals surface area contributed by atoms with Gasteiger partial charge in [0.1, 0.15) is 11.5 Å². The Bertz CT molecular complexity index is 1500. The van der Waals surface area contributed by atoms with E-state index in [-0.39, 0.29) is 11.1 Å². The van der Waals surface area contributed by atoms with E-state index in [1.165, 1.54) is 29.4 Å². The van der Waals surface area contributed by atoms with Crippen LogP contribution in [0.5, 0.6) is 5.75 Å². The molecule has 10 heteroatoms. The zero-order valence-electron chi connectivity index (χ0n) is 18.5. The number of ether oxygens (including phenoxy) is 1. The minimum absolute atomic E-state index is 0.114. The predicted molar refractivity (Wildman–Crippen MR) is 136 cm³/mol. The van der Waals surface area contributed by atoms with Gasteiger partial charge in [-0.3, -0.25) is 19.5 Å². The van der Waals surface area contributed by atoms with Crippen LogP contribution in [0.2, 0.25) is 10.0 Å². The Hall–Kier alpha value is -3.46. The van der Waals surface area contributed by atoms with E-state index in [0.29, 0.717) is 32.0 Å². The second-order valence-corrected chi connectivity index (χ2v) is 9.72. The van der Waals surface area contributed by atoms with Crippen molar-refractivity contribution in [3.63, 3.8) is 0 Å². The number of aliphatic hydroxyl groups is 1. The average molecular weight is 526 g/mol. The van der Waals surface area contributed by atoms with Crippen molar-refractivity contribution >= 4 is 67.3 Å². The molecule has 1 unspecified atom stereocenters. The van der Waals surface area contributed by atoms with Gasteiger partial charge in [0.15, 0.2) is 5.13 Å². The number of Topliss-reactive ketones (excluding diaryl/α,β-unsaturated/α-hetero) is 1. The molecule has 1 aliphatic rings. The summed E-state index contributed by atoms with van der Waals surface area (Å²) in [7, 11) is 1.44. The number of aliphatic hydroxyl groups excluding tert-OH is 1. The summed E-state index contributed by atoms with van der Waals surface area (Å²) in [5.41, 5.74) is 2.08. The highest BCUT2D eigenvalue weighted by atomic mass is 35.5. The molecule has 3 heterocycles. The number of hydrogen-bond acceptors (Lipinski definition) is 7. The molecule has 2 aromatic heterocycles. The quantitative estimate of drug-likeness (QED) is 0.201. The Kier molecular flexibility index (Phi) is 5.96. The number of nitrogens with zero attached hydrogens (tertiary/aromatic N) is 3. The number of thiazole rings is 1. The van der Waals surface area contributed by atoms with Gasteiger partial charge < -0.3 is 9.84 Å². The highest BCUT2D eigenvalue weighted by Gasteiger charge is 2.48. The van der Waals surface area contributed by atoms with E-state index in [1.54, 1.807) is 42.7 Å². The fourth-order valence-electron chi connectivity index (χ4n) is 4.03. The standard InChI is InChI=1S/C25H17Cl2N3O4S/c1-12-8-19-17(10-16(12)27)29-25(35-19)30-21(13-4-3-7-28-11-13)20(23(32)24(30)33)22(31)15-9-14(26)5-6-18(15)34-2/h3-11,21,31H,1-2H3/b22-20+. The Balaban J connectivity index is 1.75. The van der Waals surface area contributed by atoms with Crippen molar-refractivity contribution in [2.75, 3.05) is 12.0 Å². The van der Waals surface area contributed by atoms with E-state index < -0.39 is 23.5 Å². The highest BCUT2D eigenvalue weighted by Crippen LogP contribution is 2.45. The van der Waals surface area contributed by atoms with Crippen LogP contribution in [-0.2, 0) is 9.59 Å². The molecule has 2 aromatic carbocycles. The van der Waals surface area contributed by atoms with E-state index >= 15 is 0 Å². The van der Waals surface area contributed by atoms with Crippen molar-refractivity contribution in [1.29, 1.82) is 0 Å². The Morgan fingerprint density at radius 2 is 1.97 bits per heavy atom. The monoisotopic (exact) mass is 525 g/mol. The molecule has 35 heavy (non-hydrogen) atoms. The van der Waals surface area contributed by atoms with Crippen molar-refractivity contribution in [3.05, 3.63) is 87.2 Å². The summed E-state index contributed by atoms with van der Waals surface area (Å²) in [6.45, 7) is 1.88. The molecule has 176 valence electrons. The van der Waals surface area contributed by atoms with Crippen molar-refractivity contribution in [1.82, 2.24) is 9.97 Å². The lowest BCUT2D eigenvalue weighted by Gasteiger charge is -2.22. The molecule has 1 atom stereocenters. The third kappa shape index (κ3) is 3.93. The minimum Gasteiger partial charge on any atom is -0.507 e. The Labute approximate surface area is 214 Å². The van der Waals surface area contributed by atoms with Crippen LogP contribution in [0.4, 0.5) is 5.13 Å². The number of pyridine rings is 1. The number of anilines is 1. The van der Waals surface area contributed by atoms with E-state index in [9.17, 15) is 14.7 Å². The highest BCUT2D eigenvalue weighted by molar-refractivity contribution is 7.22. The van der Waals surface area contributed by atoms with Crippen LogP contribution in [0.3, 0.4) is 0 Å². The third-order valence-electron chi connectivity index (χ3n) is 5.72. The maximum atomic E-state index is 13.4. The van der Waals surface area contributed by atoms with Gasteiger partial charge in [0, 0.05) is 22.4 Å². The van der Waals surface area contributed by atoms with Crippen molar-refractivity contribution in [2.45, 2.75) is 13.0 Å². The molecule has 5 rings (SSSR count). The fraction of sp³-hybridized carbons (Fsp3) is 0.120. The van der Waals surface area contributed by atoms with Crippen molar-refractivity contribution < 1.29 is 19.4 Å². The largest absolute Gasteiger partial charge is 0.507 e. The summed E-state index contributed by atoms with van der Waals surface area (Å²) in [6.07, 6.45) is 3.12. The summed E-state index contributed by atoms with van der Waals surface area (Å²) in [5, 5.41) is 12.5. The Morgan fingerprint density at radius 3 is 2.69 bits per heavy atom. The van der Waals surface area contributed by atoms with Gasteiger partial charge >= 0.3 is 5.91 Å². The van der Waals surface area contributed by atoms with Gasteiger partial charge in [-0.1, -0.05) is 40.6 Å². The van der Waals surface area contributed by atoms with Gasteiger partial charge in [0.2, 0.25) is 0 Å². The lowest BCUT2D eigenvalue weighted by molar-refractivity contribution is -0.132. The maximum absolute atomic E-state index is 13.4. The molecule has 1 amide bonds. The van der Waals surface area contributed by atoms with Gasteiger partial charge in [0.05, 0.1) is 34.5 Å². The average Bonchev–Trinajstić information content (AvgIpc) is 3.37. The number of aromatic nitrogens is 2. The number of ketones is 1. The normalized spacial score (nSPS) is 17.4. The Morgan fingerprint density at radius 1 is 1.17 bits per heavy atom. The summed E-state index contributed by atoms with van der Waals surface area (Å²) in [6, 6.07) is 10.7. The zero-order valence-corrected chi connectivity index (χ0v) is 20.8. The molecule has 1 N–H and O–H groups in total. The molecule has 0 bridgehead atoms. The number of methoxy groups -OCH3 is 1. The van der Waals surface area contributed by atoms with Crippen LogP contribution in [-0.4, -0.2) is 33.9 Å². The van der Waals surface area contributed by atoms with Crippen LogP contribution in [0.1, 0.15) is 22.7 Å². The number of benzene rings is 2. The summed E-state index contributed by atoms with van der Waals surface area (Å²) in [4.78, 5) is 36.7. The van der Waals surface area contributed by atoms with Crippen LogP contribution in [0.15, 0.2) is 60.4 Å². The number of rotatable bonds is 4. The number of aryl methyl sites for hydroxylation is 1. The SMILES string of the molecule is COc1ccc(Cl)cc1/C(O)=C1\C(=O)C(=O)N(c2nc3cc(Cl)c(C)cc3s2)C1c1cccnc1. The van der Waals surface area contributed by atoms with Gasteiger partial charge in [-0.05, 0) is 54.4 Å². The molecular weight excluding hydrogens is 509 g/mol. The molecule has 4 aromatic rings. The van der Waals surface area contributed by atoms with Crippen LogP contribution in [0.25, 0.3) is 16.0 Å². The van der Waals surface area contributed by atoms with Crippen molar-refractivity contribution in [2.24, 2.45) is 0 Å². The number of hydrogen-bond donors (Lipinski definition) is 1. The van der Waals surface area contributed by atoms with Crippen LogP contribution < -0.4 is 9.64 Å². The molecule has 1 saturated heterocycles. The number of carbonyl (C=O) groups excluding carboxylic acids is 2. The van der Waals surface area contributed by atoms with Crippen LogP contribution in [0, 0.1) is 6.92 Å². The smallest absolute Gasteiger partial charge is 0.301 e. The molecular formula is C25H17Cl2N3O4S. The second kappa shape index (κ2) is 8.96. The number of fused-ring (bicyclic) bond motifs is 1. The first kappa shape index (κ1) is 23.3. The van der Waals surface area contributed by atoms with Crippen molar-refractivity contribution in [3.8, 4) is 5.75 Å². The molecule has 7 nitrogen and oxygen atoms in total. The number of amides is 1. The van der Waals surface area contributed by atoms with Crippen LogP contribution >= 0.6 is 34.5 Å². The molecule has 0 spiro atoms. The summed E-state index contributed by atoms with van der Waals surface area (Å²) >= 11 is 13.7. The van der Waals surface area contributed by atoms with E-state index in [2.05, 4.69) is 9.97 Å². The zero-order chi connectivity index (χ0) is 24.9. The molecule has 0 radical (unpaired) electrons. The minimum atomic E-state index is -0.968. The van der Waals surface area contributed by atoms with E-state index in [4.69, 9.17) is 27.9 Å². The van der Waals surface area contributed by atoms with E-state index in [1.807, 2.05) is 13.0 Å². The van der Waals surface area contributed by atoms with Gasteiger partial charge in [-0.25, -0.2) is 4.98 Å².